The molecule has 1 fully saturated rings. The number of benzene rings is 1. The van der Waals surface area contributed by atoms with E-state index in [-0.39, 0.29) is 12.4 Å². The maximum Gasteiger partial charge on any atom is 0.351 e. The van der Waals surface area contributed by atoms with Crippen LogP contribution in [0.15, 0.2) is 53.5 Å². The largest absolute Gasteiger partial charge is 0.387 e. The van der Waals surface area contributed by atoms with Gasteiger partial charge in [-0.05, 0) is 11.6 Å². The van der Waals surface area contributed by atoms with E-state index in [9.17, 15) is 20.1 Å². The molecule has 0 spiro atoms. The summed E-state index contributed by atoms with van der Waals surface area (Å²) in [5.41, 5.74) is 5.62. The fourth-order valence-electron chi connectivity index (χ4n) is 2.72. The third-order valence-electron chi connectivity index (χ3n) is 4.12. The maximum atomic E-state index is 11.9. The van der Waals surface area contributed by atoms with Crippen molar-refractivity contribution in [3.8, 4) is 0 Å². The second-order valence-corrected chi connectivity index (χ2v) is 6.10. The van der Waals surface area contributed by atoms with E-state index in [1.807, 2.05) is 30.3 Å². The van der Waals surface area contributed by atoms with Crippen LogP contribution < -0.4 is 11.4 Å². The van der Waals surface area contributed by atoms with Gasteiger partial charge in [-0.3, -0.25) is 4.57 Å². The number of hydrogen-bond donors (Lipinski definition) is 4. The first-order valence-corrected chi connectivity index (χ1v) is 8.51. The third-order valence-corrected chi connectivity index (χ3v) is 4.12. The Bertz CT molecular complexity index is 858. The molecule has 1 aromatic heterocycles. The highest BCUT2D eigenvalue weighted by molar-refractivity contribution is 5.48. The lowest BCUT2D eigenvalue weighted by Gasteiger charge is -2.19. The molecule has 1 unspecified atom stereocenters. The predicted octanol–water partition coefficient (Wildman–Crippen LogP) is -0.575. The molecule has 0 amide bonds. The Kier molecular flexibility index (Phi) is 6.52. The molecule has 5 atom stereocenters. The molecule has 0 radical (unpaired) electrons. The van der Waals surface area contributed by atoms with Crippen molar-refractivity contribution >= 4 is 11.9 Å². The molecular formula is C18H21N3O7. The van der Waals surface area contributed by atoms with Crippen LogP contribution in [-0.2, 0) is 14.5 Å². The van der Waals surface area contributed by atoms with Gasteiger partial charge in [0, 0.05) is 6.20 Å². The molecule has 150 valence electrons. The van der Waals surface area contributed by atoms with Crippen molar-refractivity contribution < 1.29 is 29.8 Å². The SMILES string of the molecule is Nc1ccn([C@@H]2O[C@H](C(O)OOCC=Cc3ccccc3)[C@@H](O)[C@H]2O)c(=O)n1. The Labute approximate surface area is 160 Å². The number of rotatable bonds is 7. The standard InChI is InChI=1S/C18H21N3O7/c19-12-8-9-21(18(25)20-12)16-14(23)13(22)15(27-16)17(24)28-26-10-4-7-11-5-2-1-3-6-11/h1-9,13-17,22-24H,10H2,(H2,19,20,25)/t13-,14+,15-,16+,17?/m0/s1. The van der Waals surface area contributed by atoms with E-state index < -0.39 is 36.5 Å². The normalized spacial score (nSPS) is 26.0. The van der Waals surface area contributed by atoms with E-state index in [4.69, 9.17) is 20.2 Å². The summed E-state index contributed by atoms with van der Waals surface area (Å²) in [6, 6.07) is 10.8. The van der Waals surface area contributed by atoms with Crippen molar-refractivity contribution in [1.29, 1.82) is 0 Å². The Morgan fingerprint density at radius 1 is 1.25 bits per heavy atom. The minimum Gasteiger partial charge on any atom is -0.387 e. The molecular weight excluding hydrogens is 370 g/mol. The summed E-state index contributed by atoms with van der Waals surface area (Å²) in [4.78, 5) is 25.1. The number of hydrogen-bond acceptors (Lipinski definition) is 9. The van der Waals surface area contributed by atoms with E-state index >= 15 is 0 Å². The van der Waals surface area contributed by atoms with Crippen LogP contribution in [0, 0.1) is 0 Å². The van der Waals surface area contributed by atoms with Crippen LogP contribution in [0.1, 0.15) is 11.8 Å². The van der Waals surface area contributed by atoms with E-state index in [0.29, 0.717) is 0 Å². The van der Waals surface area contributed by atoms with E-state index in [0.717, 1.165) is 10.1 Å². The Hall–Kier alpha value is -2.60. The molecule has 10 heteroatoms. The number of nitrogens with two attached hydrogens (primary N) is 1. The van der Waals surface area contributed by atoms with Crippen LogP contribution in [0.2, 0.25) is 0 Å². The zero-order chi connectivity index (χ0) is 20.1. The molecule has 10 nitrogen and oxygen atoms in total. The summed E-state index contributed by atoms with van der Waals surface area (Å²) in [6.07, 6.45) is -2.58. The van der Waals surface area contributed by atoms with E-state index in [1.54, 1.807) is 12.2 Å². The molecule has 5 N–H and O–H groups in total. The molecule has 1 aliphatic heterocycles. The summed E-state index contributed by atoms with van der Waals surface area (Å²) in [5, 5.41) is 30.3. The van der Waals surface area contributed by atoms with Gasteiger partial charge in [0.25, 0.3) is 0 Å². The van der Waals surface area contributed by atoms with Gasteiger partial charge in [-0.2, -0.15) is 4.98 Å². The number of ether oxygens (including phenoxy) is 1. The van der Waals surface area contributed by atoms with Gasteiger partial charge in [-0.15, -0.1) is 0 Å². The quantitative estimate of drug-likeness (QED) is 0.210. The van der Waals surface area contributed by atoms with Gasteiger partial charge in [0.05, 0.1) is 0 Å². The van der Waals surface area contributed by atoms with Gasteiger partial charge in [0.1, 0.15) is 30.7 Å². The van der Waals surface area contributed by atoms with Crippen LogP contribution in [0.25, 0.3) is 6.08 Å². The Morgan fingerprint density at radius 2 is 2.00 bits per heavy atom. The second-order valence-electron chi connectivity index (χ2n) is 6.10. The molecule has 2 heterocycles. The first-order valence-electron chi connectivity index (χ1n) is 8.51. The monoisotopic (exact) mass is 391 g/mol. The van der Waals surface area contributed by atoms with Gasteiger partial charge < -0.3 is 25.8 Å². The first-order chi connectivity index (χ1) is 13.5. The molecule has 1 aliphatic rings. The number of nitrogens with zero attached hydrogens (tertiary/aromatic N) is 2. The van der Waals surface area contributed by atoms with Crippen molar-refractivity contribution in [3.05, 3.63) is 64.7 Å². The summed E-state index contributed by atoms with van der Waals surface area (Å²) in [7, 11) is 0. The van der Waals surface area contributed by atoms with Crippen LogP contribution in [0.4, 0.5) is 5.82 Å². The van der Waals surface area contributed by atoms with Crippen molar-refractivity contribution in [2.75, 3.05) is 12.3 Å². The van der Waals surface area contributed by atoms with E-state index in [2.05, 4.69) is 4.98 Å². The van der Waals surface area contributed by atoms with Crippen LogP contribution in [0.5, 0.6) is 0 Å². The lowest BCUT2D eigenvalue weighted by Crippen LogP contribution is -2.40. The molecule has 1 aromatic carbocycles. The van der Waals surface area contributed by atoms with Crippen molar-refractivity contribution in [1.82, 2.24) is 9.55 Å². The first kappa shape index (κ1) is 20.1. The Balaban J connectivity index is 1.54. The fraction of sp³-hybridized carbons (Fsp3) is 0.333. The van der Waals surface area contributed by atoms with Crippen molar-refractivity contribution in [2.24, 2.45) is 0 Å². The topological polar surface area (TPSA) is 149 Å². The molecule has 0 aliphatic carbocycles. The Morgan fingerprint density at radius 3 is 2.71 bits per heavy atom. The molecule has 2 aromatic rings. The highest BCUT2D eigenvalue weighted by Gasteiger charge is 2.48. The number of nitrogen functional groups attached to an aromatic ring is 1. The van der Waals surface area contributed by atoms with Gasteiger partial charge in [-0.1, -0.05) is 42.5 Å². The summed E-state index contributed by atoms with van der Waals surface area (Å²) in [6.45, 7) is 0.0299. The second kappa shape index (κ2) is 9.06. The highest BCUT2D eigenvalue weighted by Crippen LogP contribution is 2.30. The van der Waals surface area contributed by atoms with E-state index in [1.165, 1.54) is 12.3 Å². The smallest absolute Gasteiger partial charge is 0.351 e. The molecule has 0 saturated carbocycles. The average Bonchev–Trinajstić information content (AvgIpc) is 2.97. The number of aromatic nitrogens is 2. The van der Waals surface area contributed by atoms with Gasteiger partial charge in [0.15, 0.2) is 6.23 Å². The van der Waals surface area contributed by atoms with Crippen LogP contribution in [-0.4, -0.2) is 56.1 Å². The average molecular weight is 391 g/mol. The van der Waals surface area contributed by atoms with Gasteiger partial charge >= 0.3 is 5.69 Å². The fourth-order valence-corrected chi connectivity index (χ4v) is 2.72. The summed E-state index contributed by atoms with van der Waals surface area (Å²) >= 11 is 0. The third kappa shape index (κ3) is 4.62. The number of aliphatic hydroxyl groups is 3. The molecule has 28 heavy (non-hydrogen) atoms. The zero-order valence-corrected chi connectivity index (χ0v) is 14.7. The minimum absolute atomic E-state index is 0.00570. The zero-order valence-electron chi connectivity index (χ0n) is 14.7. The van der Waals surface area contributed by atoms with Crippen molar-refractivity contribution in [3.63, 3.8) is 0 Å². The van der Waals surface area contributed by atoms with Crippen molar-refractivity contribution in [2.45, 2.75) is 30.8 Å². The minimum atomic E-state index is -1.70. The molecule has 0 bridgehead atoms. The van der Waals surface area contributed by atoms with Crippen LogP contribution in [0.3, 0.4) is 0 Å². The highest BCUT2D eigenvalue weighted by atomic mass is 17.2. The molecule has 3 rings (SSSR count). The lowest BCUT2D eigenvalue weighted by molar-refractivity contribution is -0.386. The number of anilines is 1. The number of aliphatic hydroxyl groups excluding tert-OH is 3. The van der Waals surface area contributed by atoms with Gasteiger partial charge in [-0.25, -0.2) is 14.6 Å². The van der Waals surface area contributed by atoms with Crippen LogP contribution >= 0.6 is 0 Å². The van der Waals surface area contributed by atoms with Gasteiger partial charge in [0.2, 0.25) is 6.29 Å². The lowest BCUT2D eigenvalue weighted by atomic mass is 10.1. The summed E-state index contributed by atoms with van der Waals surface area (Å²) in [5.74, 6) is 0.00570. The molecule has 1 saturated heterocycles. The maximum absolute atomic E-state index is 11.9. The summed E-state index contributed by atoms with van der Waals surface area (Å²) < 4.78 is 6.35. The predicted molar refractivity (Wildman–Crippen MR) is 97.4 cm³/mol.